The van der Waals surface area contributed by atoms with Gasteiger partial charge in [-0.2, -0.15) is 0 Å². The van der Waals surface area contributed by atoms with Gasteiger partial charge in [-0.25, -0.2) is 0 Å². The summed E-state index contributed by atoms with van der Waals surface area (Å²) in [5, 5.41) is 0. The highest BCUT2D eigenvalue weighted by molar-refractivity contribution is 7.09. The van der Waals surface area contributed by atoms with E-state index >= 15 is 0 Å². The summed E-state index contributed by atoms with van der Waals surface area (Å²) < 4.78 is 4.94. The average Bonchev–Trinajstić information content (AvgIpc) is 2.53. The van der Waals surface area contributed by atoms with Crippen molar-refractivity contribution in [1.82, 2.24) is 4.98 Å². The Morgan fingerprint density at radius 3 is 3.17 bits per heavy atom. The van der Waals surface area contributed by atoms with Crippen LogP contribution in [0.4, 0.5) is 0 Å². The van der Waals surface area contributed by atoms with E-state index in [1.807, 2.05) is 11.7 Å². The lowest BCUT2D eigenvalue weighted by molar-refractivity contribution is 0.177. The van der Waals surface area contributed by atoms with Crippen LogP contribution in [0.2, 0.25) is 0 Å². The maximum atomic E-state index is 5.76. The van der Waals surface area contributed by atoms with Crippen LogP contribution in [-0.2, 0) is 11.2 Å². The van der Waals surface area contributed by atoms with Crippen LogP contribution in [0.25, 0.3) is 0 Å². The van der Waals surface area contributed by atoms with Crippen molar-refractivity contribution in [2.75, 3.05) is 13.7 Å². The van der Waals surface area contributed by atoms with Gasteiger partial charge in [-0.15, -0.1) is 11.3 Å². The van der Waals surface area contributed by atoms with Crippen LogP contribution in [0.5, 0.6) is 0 Å². The zero-order valence-corrected chi connectivity index (χ0v) is 8.01. The first-order chi connectivity index (χ1) is 5.83. The molecule has 2 N–H and O–H groups in total. The molecule has 1 heterocycles. The fourth-order valence-corrected chi connectivity index (χ4v) is 1.61. The zero-order valence-electron chi connectivity index (χ0n) is 7.19. The molecule has 1 aromatic heterocycles. The maximum absolute atomic E-state index is 5.76. The molecule has 0 aliphatic carbocycles. The second-order valence-corrected chi connectivity index (χ2v) is 3.69. The van der Waals surface area contributed by atoms with Crippen LogP contribution in [0.3, 0.4) is 0 Å². The van der Waals surface area contributed by atoms with Crippen LogP contribution in [-0.4, -0.2) is 24.7 Å². The highest BCUT2D eigenvalue weighted by atomic mass is 32.1. The lowest BCUT2D eigenvalue weighted by atomic mass is 10.2. The van der Waals surface area contributed by atoms with E-state index in [2.05, 4.69) is 4.98 Å². The Bertz CT molecular complexity index is 201. The molecule has 1 atom stereocenters. The first-order valence-corrected chi connectivity index (χ1v) is 4.82. The molecular weight excluding hydrogens is 172 g/mol. The number of aromatic nitrogens is 1. The average molecular weight is 186 g/mol. The summed E-state index contributed by atoms with van der Waals surface area (Å²) in [7, 11) is 1.67. The molecule has 1 aromatic rings. The molecule has 0 spiro atoms. The fraction of sp³-hybridized carbons (Fsp3) is 0.625. The lowest BCUT2D eigenvalue weighted by Gasteiger charge is -2.08. The number of methoxy groups -OCH3 is 1. The van der Waals surface area contributed by atoms with E-state index < -0.39 is 0 Å². The molecule has 68 valence electrons. The van der Waals surface area contributed by atoms with E-state index in [1.54, 1.807) is 18.4 Å². The van der Waals surface area contributed by atoms with Gasteiger partial charge in [0, 0.05) is 24.2 Å². The van der Waals surface area contributed by atoms with Crippen LogP contribution in [0.15, 0.2) is 11.7 Å². The summed E-state index contributed by atoms with van der Waals surface area (Å²) in [4.78, 5) is 5.29. The van der Waals surface area contributed by atoms with Crippen molar-refractivity contribution in [2.24, 2.45) is 5.73 Å². The lowest BCUT2D eigenvalue weighted by Crippen LogP contribution is -2.25. The minimum absolute atomic E-state index is 0.150. The summed E-state index contributed by atoms with van der Waals surface area (Å²) in [6.45, 7) is 0.638. The molecule has 0 bridgehead atoms. The van der Waals surface area contributed by atoms with Crippen molar-refractivity contribution >= 4 is 11.3 Å². The van der Waals surface area contributed by atoms with Crippen molar-refractivity contribution in [3.63, 3.8) is 0 Å². The second-order valence-electron chi connectivity index (χ2n) is 2.72. The van der Waals surface area contributed by atoms with Gasteiger partial charge in [0.2, 0.25) is 0 Å². The van der Waals surface area contributed by atoms with Crippen molar-refractivity contribution < 1.29 is 4.74 Å². The molecule has 1 unspecified atom stereocenters. The van der Waals surface area contributed by atoms with Gasteiger partial charge in [0.05, 0.1) is 12.1 Å². The molecule has 0 aromatic carbocycles. The second kappa shape index (κ2) is 5.24. The van der Waals surface area contributed by atoms with Crippen LogP contribution < -0.4 is 5.73 Å². The summed E-state index contributed by atoms with van der Waals surface area (Å²) in [5.74, 6) is 0. The molecule has 0 aliphatic heterocycles. The standard InChI is InChI=1S/C8H14N2OS/c1-11-5-7(9)2-3-8-4-10-6-12-8/h4,6-7H,2-3,5,9H2,1H3. The molecule has 4 heteroatoms. The Hall–Kier alpha value is -0.450. The number of rotatable bonds is 5. The number of hydrogen-bond donors (Lipinski definition) is 1. The quantitative estimate of drug-likeness (QED) is 0.747. The number of thiazole rings is 1. The molecule has 0 aliphatic rings. The Kier molecular flexibility index (Phi) is 4.21. The Morgan fingerprint density at radius 1 is 1.75 bits per heavy atom. The largest absolute Gasteiger partial charge is 0.383 e. The van der Waals surface area contributed by atoms with Gasteiger partial charge in [0.15, 0.2) is 0 Å². The Morgan fingerprint density at radius 2 is 2.58 bits per heavy atom. The highest BCUT2D eigenvalue weighted by Crippen LogP contribution is 2.09. The molecule has 0 fully saturated rings. The summed E-state index contributed by atoms with van der Waals surface area (Å²) in [6.07, 6.45) is 3.87. The fourth-order valence-electron chi connectivity index (χ4n) is 0.991. The number of nitrogens with zero attached hydrogens (tertiary/aromatic N) is 1. The summed E-state index contributed by atoms with van der Waals surface area (Å²) >= 11 is 1.68. The van der Waals surface area contributed by atoms with E-state index in [-0.39, 0.29) is 6.04 Å². The van der Waals surface area contributed by atoms with Crippen molar-refractivity contribution in [1.29, 1.82) is 0 Å². The maximum Gasteiger partial charge on any atom is 0.0794 e. The minimum atomic E-state index is 0.150. The third-order valence-corrected chi connectivity index (χ3v) is 2.47. The monoisotopic (exact) mass is 186 g/mol. The third-order valence-electron chi connectivity index (χ3n) is 1.63. The van der Waals surface area contributed by atoms with Gasteiger partial charge in [-0.05, 0) is 12.8 Å². The van der Waals surface area contributed by atoms with Crippen molar-refractivity contribution in [3.05, 3.63) is 16.6 Å². The van der Waals surface area contributed by atoms with Crippen molar-refractivity contribution in [2.45, 2.75) is 18.9 Å². The van der Waals surface area contributed by atoms with Gasteiger partial charge >= 0.3 is 0 Å². The number of nitrogens with two attached hydrogens (primary N) is 1. The van der Waals surface area contributed by atoms with E-state index in [4.69, 9.17) is 10.5 Å². The normalized spacial score (nSPS) is 13.2. The van der Waals surface area contributed by atoms with Crippen molar-refractivity contribution in [3.8, 4) is 0 Å². The zero-order chi connectivity index (χ0) is 8.81. The number of hydrogen-bond acceptors (Lipinski definition) is 4. The molecule has 12 heavy (non-hydrogen) atoms. The van der Waals surface area contributed by atoms with Gasteiger partial charge in [-0.1, -0.05) is 0 Å². The van der Waals surface area contributed by atoms with E-state index in [0.717, 1.165) is 12.8 Å². The molecule has 1 rings (SSSR count). The molecule has 0 radical (unpaired) electrons. The third kappa shape index (κ3) is 3.30. The predicted octanol–water partition coefficient (Wildman–Crippen LogP) is 1.05. The van der Waals surface area contributed by atoms with Crippen LogP contribution >= 0.6 is 11.3 Å². The topological polar surface area (TPSA) is 48.1 Å². The van der Waals surface area contributed by atoms with Gasteiger partial charge in [0.25, 0.3) is 0 Å². The van der Waals surface area contributed by atoms with Gasteiger partial charge in [-0.3, -0.25) is 4.98 Å². The Labute approximate surface area is 76.6 Å². The molecule has 3 nitrogen and oxygen atoms in total. The van der Waals surface area contributed by atoms with E-state index in [9.17, 15) is 0 Å². The summed E-state index contributed by atoms with van der Waals surface area (Å²) in [6, 6.07) is 0.150. The summed E-state index contributed by atoms with van der Waals surface area (Å²) in [5.41, 5.74) is 7.60. The molecule has 0 amide bonds. The van der Waals surface area contributed by atoms with E-state index in [0.29, 0.717) is 6.61 Å². The SMILES string of the molecule is COCC(N)CCc1cncs1. The molecule has 0 saturated heterocycles. The minimum Gasteiger partial charge on any atom is -0.383 e. The first-order valence-electron chi connectivity index (χ1n) is 3.95. The van der Waals surface area contributed by atoms with Crippen LogP contribution in [0, 0.1) is 0 Å². The van der Waals surface area contributed by atoms with Crippen LogP contribution in [0.1, 0.15) is 11.3 Å². The van der Waals surface area contributed by atoms with Gasteiger partial charge in [0.1, 0.15) is 0 Å². The first kappa shape index (κ1) is 9.64. The number of aryl methyl sites for hydroxylation is 1. The Balaban J connectivity index is 2.17. The van der Waals surface area contributed by atoms with Gasteiger partial charge < -0.3 is 10.5 Å². The predicted molar refractivity (Wildman–Crippen MR) is 50.3 cm³/mol. The highest BCUT2D eigenvalue weighted by Gasteiger charge is 2.02. The molecular formula is C8H14N2OS. The van der Waals surface area contributed by atoms with E-state index in [1.165, 1.54) is 4.88 Å². The molecule has 0 saturated carbocycles. The smallest absolute Gasteiger partial charge is 0.0794 e. The number of ether oxygens (including phenoxy) is 1.